The second kappa shape index (κ2) is 5.16. The molecule has 1 fully saturated rings. The molecule has 6 nitrogen and oxygen atoms in total. The van der Waals surface area contributed by atoms with Gasteiger partial charge in [-0.15, -0.1) is 0 Å². The molecular weight excluding hydrogens is 256 g/mol. The predicted octanol–water partition coefficient (Wildman–Crippen LogP) is 1.29. The first-order chi connectivity index (χ1) is 9.72. The van der Waals surface area contributed by atoms with Crippen LogP contribution in [-0.4, -0.2) is 27.8 Å². The van der Waals surface area contributed by atoms with E-state index in [0.717, 1.165) is 11.4 Å². The summed E-state index contributed by atoms with van der Waals surface area (Å²) in [6, 6.07) is 6.97. The van der Waals surface area contributed by atoms with Crippen molar-refractivity contribution in [2.75, 3.05) is 5.32 Å². The van der Waals surface area contributed by atoms with Gasteiger partial charge in [-0.1, -0.05) is 12.1 Å². The molecule has 2 heterocycles. The minimum Gasteiger partial charge on any atom is -0.345 e. The number of nitrogens with zero attached hydrogens (tertiary/aromatic N) is 1. The SMILES string of the molecule is O=C1CCC(C(=O)Nc2cccc(-c3ncc[nH]3)c2)N1. The molecule has 3 rings (SSSR count). The number of hydrogen-bond acceptors (Lipinski definition) is 3. The number of anilines is 1. The second-order valence-electron chi connectivity index (χ2n) is 4.67. The third kappa shape index (κ3) is 2.54. The van der Waals surface area contributed by atoms with Crippen LogP contribution in [0.5, 0.6) is 0 Å². The average molecular weight is 270 g/mol. The quantitative estimate of drug-likeness (QED) is 0.785. The summed E-state index contributed by atoms with van der Waals surface area (Å²) < 4.78 is 0. The van der Waals surface area contributed by atoms with E-state index < -0.39 is 6.04 Å². The Hall–Kier alpha value is -2.63. The van der Waals surface area contributed by atoms with Gasteiger partial charge in [0.15, 0.2) is 0 Å². The van der Waals surface area contributed by atoms with Gasteiger partial charge in [-0.3, -0.25) is 9.59 Å². The Morgan fingerprint density at radius 3 is 3.00 bits per heavy atom. The van der Waals surface area contributed by atoms with Gasteiger partial charge in [-0.05, 0) is 18.6 Å². The predicted molar refractivity (Wildman–Crippen MR) is 73.8 cm³/mol. The van der Waals surface area contributed by atoms with E-state index in [2.05, 4.69) is 20.6 Å². The third-order valence-electron chi connectivity index (χ3n) is 3.21. The molecule has 1 aromatic carbocycles. The zero-order valence-electron chi connectivity index (χ0n) is 10.7. The molecular formula is C14H14N4O2. The van der Waals surface area contributed by atoms with Crippen LogP contribution in [0.15, 0.2) is 36.7 Å². The van der Waals surface area contributed by atoms with E-state index in [-0.39, 0.29) is 11.8 Å². The standard InChI is InChI=1S/C14H14N4O2/c19-12-5-4-11(18-12)14(20)17-10-3-1-2-9(8-10)13-15-6-7-16-13/h1-3,6-8,11H,4-5H2,(H,15,16)(H,17,20)(H,18,19). The highest BCUT2D eigenvalue weighted by atomic mass is 16.2. The summed E-state index contributed by atoms with van der Waals surface area (Å²) in [6.07, 6.45) is 4.37. The average Bonchev–Trinajstić information content (AvgIpc) is 3.10. The molecule has 102 valence electrons. The first-order valence-electron chi connectivity index (χ1n) is 6.42. The summed E-state index contributed by atoms with van der Waals surface area (Å²) in [5, 5.41) is 5.46. The van der Waals surface area contributed by atoms with E-state index in [1.54, 1.807) is 18.5 Å². The number of amides is 2. The number of H-pyrrole nitrogens is 1. The van der Waals surface area contributed by atoms with Crippen molar-refractivity contribution in [3.8, 4) is 11.4 Å². The van der Waals surface area contributed by atoms with Gasteiger partial charge in [0.25, 0.3) is 0 Å². The molecule has 1 atom stereocenters. The van der Waals surface area contributed by atoms with Crippen molar-refractivity contribution in [3.05, 3.63) is 36.7 Å². The molecule has 2 amide bonds. The van der Waals surface area contributed by atoms with Crippen LogP contribution in [0.4, 0.5) is 5.69 Å². The van der Waals surface area contributed by atoms with Crippen LogP contribution < -0.4 is 10.6 Å². The van der Waals surface area contributed by atoms with Gasteiger partial charge >= 0.3 is 0 Å². The lowest BCUT2D eigenvalue weighted by Crippen LogP contribution is -2.37. The number of benzene rings is 1. The normalized spacial score (nSPS) is 17.8. The Morgan fingerprint density at radius 1 is 1.40 bits per heavy atom. The summed E-state index contributed by atoms with van der Waals surface area (Å²) >= 11 is 0. The molecule has 0 aliphatic carbocycles. The smallest absolute Gasteiger partial charge is 0.246 e. The number of rotatable bonds is 3. The van der Waals surface area contributed by atoms with E-state index in [1.165, 1.54) is 0 Å². The van der Waals surface area contributed by atoms with Crippen LogP contribution in [0.1, 0.15) is 12.8 Å². The fourth-order valence-corrected chi connectivity index (χ4v) is 2.21. The van der Waals surface area contributed by atoms with Gasteiger partial charge < -0.3 is 15.6 Å². The number of imidazole rings is 1. The Kier molecular flexibility index (Phi) is 3.20. The summed E-state index contributed by atoms with van der Waals surface area (Å²) in [4.78, 5) is 30.3. The van der Waals surface area contributed by atoms with Gasteiger partial charge in [0.1, 0.15) is 11.9 Å². The highest BCUT2D eigenvalue weighted by molar-refractivity contribution is 5.99. The molecule has 2 aromatic rings. The molecule has 1 unspecified atom stereocenters. The summed E-state index contributed by atoms with van der Waals surface area (Å²) in [6.45, 7) is 0. The van der Waals surface area contributed by atoms with Crippen molar-refractivity contribution < 1.29 is 9.59 Å². The molecule has 20 heavy (non-hydrogen) atoms. The lowest BCUT2D eigenvalue weighted by molar-refractivity contribution is -0.122. The fourth-order valence-electron chi connectivity index (χ4n) is 2.21. The molecule has 1 saturated heterocycles. The molecule has 3 N–H and O–H groups in total. The van der Waals surface area contributed by atoms with Crippen LogP contribution in [0.25, 0.3) is 11.4 Å². The number of nitrogens with one attached hydrogen (secondary N) is 3. The summed E-state index contributed by atoms with van der Waals surface area (Å²) in [7, 11) is 0. The largest absolute Gasteiger partial charge is 0.345 e. The van der Waals surface area contributed by atoms with Crippen LogP contribution in [0.3, 0.4) is 0 Å². The lowest BCUT2D eigenvalue weighted by atomic mass is 10.1. The van der Waals surface area contributed by atoms with Crippen molar-refractivity contribution in [1.82, 2.24) is 15.3 Å². The maximum atomic E-state index is 12.0. The monoisotopic (exact) mass is 270 g/mol. The van der Waals surface area contributed by atoms with E-state index >= 15 is 0 Å². The van der Waals surface area contributed by atoms with Gasteiger partial charge in [0.2, 0.25) is 11.8 Å². The van der Waals surface area contributed by atoms with Gasteiger partial charge in [0, 0.05) is 30.1 Å². The van der Waals surface area contributed by atoms with E-state index in [1.807, 2.05) is 18.2 Å². The number of hydrogen-bond donors (Lipinski definition) is 3. The highest BCUT2D eigenvalue weighted by Gasteiger charge is 2.27. The van der Waals surface area contributed by atoms with Crippen molar-refractivity contribution in [3.63, 3.8) is 0 Å². The molecule has 6 heteroatoms. The molecule has 1 aliphatic rings. The Balaban J connectivity index is 1.73. The van der Waals surface area contributed by atoms with Crippen molar-refractivity contribution in [2.45, 2.75) is 18.9 Å². The Bertz CT molecular complexity index is 636. The first kappa shape index (κ1) is 12.4. The minimum absolute atomic E-state index is 0.0745. The number of aromatic amines is 1. The van der Waals surface area contributed by atoms with Gasteiger partial charge in [0.05, 0.1) is 0 Å². The number of carbonyl (C=O) groups excluding carboxylic acids is 2. The van der Waals surface area contributed by atoms with Crippen LogP contribution in [0.2, 0.25) is 0 Å². The zero-order valence-corrected chi connectivity index (χ0v) is 10.7. The maximum Gasteiger partial charge on any atom is 0.246 e. The molecule has 1 aromatic heterocycles. The topological polar surface area (TPSA) is 86.9 Å². The van der Waals surface area contributed by atoms with E-state index in [9.17, 15) is 9.59 Å². The number of carbonyl (C=O) groups is 2. The lowest BCUT2D eigenvalue weighted by Gasteiger charge is -2.11. The molecule has 1 aliphatic heterocycles. The Labute approximate surface area is 115 Å². The van der Waals surface area contributed by atoms with Crippen LogP contribution in [-0.2, 0) is 9.59 Å². The molecule has 0 spiro atoms. The molecule has 0 bridgehead atoms. The first-order valence-corrected chi connectivity index (χ1v) is 6.42. The second-order valence-corrected chi connectivity index (χ2v) is 4.67. The van der Waals surface area contributed by atoms with Crippen molar-refractivity contribution >= 4 is 17.5 Å². The summed E-state index contributed by atoms with van der Waals surface area (Å²) in [5.74, 6) is 0.484. The van der Waals surface area contributed by atoms with Crippen LogP contribution >= 0.6 is 0 Å². The molecule has 0 saturated carbocycles. The number of aromatic nitrogens is 2. The third-order valence-corrected chi connectivity index (χ3v) is 3.21. The van der Waals surface area contributed by atoms with Gasteiger partial charge in [-0.25, -0.2) is 4.98 Å². The fraction of sp³-hybridized carbons (Fsp3) is 0.214. The zero-order chi connectivity index (χ0) is 13.9. The molecule has 0 radical (unpaired) electrons. The summed E-state index contributed by atoms with van der Waals surface area (Å²) in [5.41, 5.74) is 1.58. The van der Waals surface area contributed by atoms with E-state index in [0.29, 0.717) is 18.5 Å². The minimum atomic E-state index is -0.435. The maximum absolute atomic E-state index is 12.0. The highest BCUT2D eigenvalue weighted by Crippen LogP contribution is 2.19. The van der Waals surface area contributed by atoms with E-state index in [4.69, 9.17) is 0 Å². The van der Waals surface area contributed by atoms with Crippen molar-refractivity contribution in [2.24, 2.45) is 0 Å². The Morgan fingerprint density at radius 2 is 2.30 bits per heavy atom. The van der Waals surface area contributed by atoms with Gasteiger partial charge in [-0.2, -0.15) is 0 Å². The van der Waals surface area contributed by atoms with Crippen LogP contribution in [0, 0.1) is 0 Å². The van der Waals surface area contributed by atoms with Crippen molar-refractivity contribution in [1.29, 1.82) is 0 Å².